The van der Waals surface area contributed by atoms with Crippen molar-refractivity contribution in [1.29, 1.82) is 0 Å². The highest BCUT2D eigenvalue weighted by molar-refractivity contribution is 7.98. The molecule has 1 fully saturated rings. The zero-order valence-corrected chi connectivity index (χ0v) is 18.5. The normalized spacial score (nSPS) is 16.7. The van der Waals surface area contributed by atoms with Gasteiger partial charge in [0.1, 0.15) is 18.2 Å². The first kappa shape index (κ1) is 20.8. The van der Waals surface area contributed by atoms with E-state index in [9.17, 15) is 4.79 Å². The molecule has 8 heteroatoms. The Kier molecular flexibility index (Phi) is 6.32. The van der Waals surface area contributed by atoms with Gasteiger partial charge >= 0.3 is 6.09 Å². The number of anilines is 2. The number of aromatic nitrogens is 2. The first-order valence-electron chi connectivity index (χ1n) is 10.4. The van der Waals surface area contributed by atoms with Crippen LogP contribution in [0.1, 0.15) is 32.3 Å². The molecule has 0 aliphatic carbocycles. The summed E-state index contributed by atoms with van der Waals surface area (Å²) < 4.78 is 11.6. The molecule has 30 heavy (non-hydrogen) atoms. The molecule has 160 valence electrons. The van der Waals surface area contributed by atoms with Crippen LogP contribution in [-0.4, -0.2) is 59.1 Å². The van der Waals surface area contributed by atoms with E-state index in [0.717, 1.165) is 42.9 Å². The van der Waals surface area contributed by atoms with Gasteiger partial charge in [-0.25, -0.2) is 14.8 Å². The Morgan fingerprint density at radius 3 is 2.53 bits per heavy atom. The van der Waals surface area contributed by atoms with E-state index < -0.39 is 0 Å². The predicted octanol–water partition coefficient (Wildman–Crippen LogP) is 4.28. The van der Waals surface area contributed by atoms with Crippen molar-refractivity contribution in [1.82, 2.24) is 14.9 Å². The second kappa shape index (κ2) is 9.12. The largest absolute Gasteiger partial charge is 0.474 e. The second-order valence-corrected chi connectivity index (χ2v) is 8.70. The minimum atomic E-state index is -0.241. The van der Waals surface area contributed by atoms with Crippen LogP contribution in [0.15, 0.2) is 35.5 Å². The van der Waals surface area contributed by atoms with Crippen molar-refractivity contribution in [2.24, 2.45) is 0 Å². The minimum Gasteiger partial charge on any atom is -0.474 e. The number of ether oxygens (including phenoxy) is 2. The van der Waals surface area contributed by atoms with Crippen LogP contribution in [0.3, 0.4) is 0 Å². The van der Waals surface area contributed by atoms with Crippen LogP contribution < -0.4 is 9.64 Å². The molecule has 1 amide bonds. The lowest BCUT2D eigenvalue weighted by atomic mass is 10.1. The van der Waals surface area contributed by atoms with Gasteiger partial charge in [-0.2, -0.15) is 0 Å². The van der Waals surface area contributed by atoms with Crippen LogP contribution in [0, 0.1) is 0 Å². The van der Waals surface area contributed by atoms with Gasteiger partial charge in [-0.1, -0.05) is 0 Å². The maximum Gasteiger partial charge on any atom is 0.410 e. The molecule has 0 unspecified atom stereocenters. The van der Waals surface area contributed by atoms with Gasteiger partial charge in [0.25, 0.3) is 0 Å². The minimum absolute atomic E-state index is 0.0435. The van der Waals surface area contributed by atoms with Gasteiger partial charge in [-0.05, 0) is 50.8 Å². The standard InChI is InChI=1S/C22H28N4O3S/c1-15(2)28-22(27)25-11-8-17(9-12-25)29-21-19-10-13-26(20(19)23-14-24-21)16-4-6-18(30-3)7-5-16/h4-7,14-15,17H,8-13H2,1-3H3. The highest BCUT2D eigenvalue weighted by Gasteiger charge is 2.30. The van der Waals surface area contributed by atoms with Crippen molar-refractivity contribution >= 4 is 29.4 Å². The summed E-state index contributed by atoms with van der Waals surface area (Å²) in [5, 5.41) is 0. The van der Waals surface area contributed by atoms with Crippen molar-refractivity contribution in [2.45, 2.75) is 50.2 Å². The highest BCUT2D eigenvalue weighted by Crippen LogP contribution is 2.37. The topological polar surface area (TPSA) is 67.8 Å². The molecular weight excluding hydrogens is 400 g/mol. The van der Waals surface area contributed by atoms with Gasteiger partial charge in [-0.3, -0.25) is 0 Å². The predicted molar refractivity (Wildman–Crippen MR) is 118 cm³/mol. The first-order chi connectivity index (χ1) is 14.5. The van der Waals surface area contributed by atoms with E-state index in [1.807, 2.05) is 13.8 Å². The maximum atomic E-state index is 12.1. The summed E-state index contributed by atoms with van der Waals surface area (Å²) in [6, 6.07) is 8.54. The molecule has 7 nitrogen and oxygen atoms in total. The Morgan fingerprint density at radius 1 is 1.13 bits per heavy atom. The number of amides is 1. The van der Waals surface area contributed by atoms with E-state index >= 15 is 0 Å². The number of nitrogens with zero attached hydrogens (tertiary/aromatic N) is 4. The van der Waals surface area contributed by atoms with Crippen molar-refractivity contribution in [3.8, 4) is 5.88 Å². The summed E-state index contributed by atoms with van der Waals surface area (Å²) in [7, 11) is 0. The molecule has 0 bridgehead atoms. The number of hydrogen-bond donors (Lipinski definition) is 0. The van der Waals surface area contributed by atoms with E-state index in [0.29, 0.717) is 19.0 Å². The van der Waals surface area contributed by atoms with E-state index in [1.54, 1.807) is 23.0 Å². The van der Waals surface area contributed by atoms with Gasteiger partial charge in [0.2, 0.25) is 5.88 Å². The first-order valence-corrected chi connectivity index (χ1v) is 11.7. The van der Waals surface area contributed by atoms with Crippen LogP contribution in [0.2, 0.25) is 0 Å². The Hall–Kier alpha value is -2.48. The number of thioether (sulfide) groups is 1. The lowest BCUT2D eigenvalue weighted by Crippen LogP contribution is -2.42. The Labute approximate surface area is 181 Å². The number of fused-ring (bicyclic) bond motifs is 1. The molecule has 0 atom stereocenters. The molecule has 2 aliphatic heterocycles. The van der Waals surface area contributed by atoms with Crippen LogP contribution in [0.5, 0.6) is 5.88 Å². The van der Waals surface area contributed by atoms with Gasteiger partial charge in [0.15, 0.2) is 0 Å². The Morgan fingerprint density at radius 2 is 1.87 bits per heavy atom. The Balaban J connectivity index is 1.41. The zero-order valence-electron chi connectivity index (χ0n) is 17.7. The zero-order chi connectivity index (χ0) is 21.1. The van der Waals surface area contributed by atoms with E-state index in [2.05, 4.69) is 45.4 Å². The lowest BCUT2D eigenvalue weighted by Gasteiger charge is -2.32. The highest BCUT2D eigenvalue weighted by atomic mass is 32.2. The molecule has 0 spiro atoms. The fourth-order valence-electron chi connectivity index (χ4n) is 3.87. The monoisotopic (exact) mass is 428 g/mol. The molecular formula is C22H28N4O3S. The summed E-state index contributed by atoms with van der Waals surface area (Å²) in [5.74, 6) is 1.60. The van der Waals surface area contributed by atoms with E-state index in [4.69, 9.17) is 9.47 Å². The SMILES string of the molecule is CSc1ccc(N2CCc3c(OC4CCN(C(=O)OC(C)C)CC4)ncnc32)cc1. The number of carbonyl (C=O) groups is 1. The fourth-order valence-corrected chi connectivity index (χ4v) is 4.28. The summed E-state index contributed by atoms with van der Waals surface area (Å²) in [4.78, 5) is 26.3. The number of carbonyl (C=O) groups excluding carboxylic acids is 1. The molecule has 1 aromatic carbocycles. The molecule has 2 aliphatic rings. The number of hydrogen-bond acceptors (Lipinski definition) is 7. The van der Waals surface area contributed by atoms with Crippen LogP contribution in [0.25, 0.3) is 0 Å². The second-order valence-electron chi connectivity index (χ2n) is 7.82. The fraction of sp³-hybridized carbons (Fsp3) is 0.500. The molecule has 4 rings (SSSR count). The number of rotatable bonds is 5. The van der Waals surface area contributed by atoms with Crippen molar-refractivity contribution in [3.05, 3.63) is 36.2 Å². The van der Waals surface area contributed by atoms with Crippen molar-refractivity contribution in [3.63, 3.8) is 0 Å². The van der Waals surface area contributed by atoms with Crippen molar-refractivity contribution in [2.75, 3.05) is 30.8 Å². The van der Waals surface area contributed by atoms with Gasteiger partial charge < -0.3 is 19.3 Å². The quantitative estimate of drug-likeness (QED) is 0.659. The number of benzene rings is 1. The third-order valence-corrected chi connectivity index (χ3v) is 6.17. The molecule has 1 saturated heterocycles. The molecule has 3 heterocycles. The molecule has 0 saturated carbocycles. The van der Waals surface area contributed by atoms with Crippen LogP contribution in [-0.2, 0) is 11.2 Å². The third kappa shape index (κ3) is 4.48. The van der Waals surface area contributed by atoms with E-state index in [1.165, 1.54) is 4.90 Å². The summed E-state index contributed by atoms with van der Waals surface area (Å²) in [6.07, 6.45) is 5.76. The number of likely N-dealkylation sites (tertiary alicyclic amines) is 1. The van der Waals surface area contributed by atoms with Gasteiger partial charge in [0, 0.05) is 43.1 Å². The molecule has 0 N–H and O–H groups in total. The summed E-state index contributed by atoms with van der Waals surface area (Å²) in [6.45, 7) is 5.87. The summed E-state index contributed by atoms with van der Waals surface area (Å²) >= 11 is 1.74. The van der Waals surface area contributed by atoms with Gasteiger partial charge in [0.05, 0.1) is 11.7 Å². The average molecular weight is 429 g/mol. The molecule has 2 aromatic rings. The number of piperidine rings is 1. The van der Waals surface area contributed by atoms with E-state index in [-0.39, 0.29) is 18.3 Å². The maximum absolute atomic E-state index is 12.1. The lowest BCUT2D eigenvalue weighted by molar-refractivity contribution is 0.0505. The average Bonchev–Trinajstić information content (AvgIpc) is 3.19. The van der Waals surface area contributed by atoms with Crippen LogP contribution >= 0.6 is 11.8 Å². The van der Waals surface area contributed by atoms with Crippen molar-refractivity contribution < 1.29 is 14.3 Å². The van der Waals surface area contributed by atoms with Crippen LogP contribution in [0.4, 0.5) is 16.3 Å². The smallest absolute Gasteiger partial charge is 0.410 e. The molecule has 0 radical (unpaired) electrons. The Bertz CT molecular complexity index is 882. The summed E-state index contributed by atoms with van der Waals surface area (Å²) in [5.41, 5.74) is 2.20. The molecule has 1 aromatic heterocycles. The third-order valence-electron chi connectivity index (χ3n) is 5.42. The van der Waals surface area contributed by atoms with Gasteiger partial charge in [-0.15, -0.1) is 11.8 Å².